The highest BCUT2D eigenvalue weighted by Gasteiger charge is 2.21. The number of nitriles is 2. The van der Waals surface area contributed by atoms with Crippen molar-refractivity contribution in [3.8, 4) is 74.2 Å². The Labute approximate surface area is 341 Å². The van der Waals surface area contributed by atoms with Gasteiger partial charge in [0.05, 0.1) is 34.4 Å². The Morgan fingerprint density at radius 2 is 1.08 bits per heavy atom. The second-order valence-corrected chi connectivity index (χ2v) is 13.6. The van der Waals surface area contributed by atoms with Crippen LogP contribution in [0.5, 0.6) is 0 Å². The smallest absolute Gasteiger partial charge is 0.166 e. The van der Waals surface area contributed by atoms with Crippen molar-refractivity contribution in [2.75, 3.05) is 0 Å². The topological polar surface area (TPSA) is 91.2 Å². The van der Waals surface area contributed by atoms with Gasteiger partial charge in [0, 0.05) is 33.0 Å². The number of benzene rings is 7. The van der Waals surface area contributed by atoms with Crippen LogP contribution in [0.2, 0.25) is 0 Å². The van der Waals surface area contributed by atoms with Gasteiger partial charge in [0.15, 0.2) is 17.5 Å². The standard InChI is InChI=1S/C46H28FN5.C6H7N/c47-37-23-19-32(20-24-37)36-21-25-39(46-50-44(33-9-3-1-4-10-33)49-45(51-46)34-11-5-2-6-12-34)43(28-36)52-41-14-8-7-13-38(41)40-27-35(22-26-42(40)52)31-17-15-30(29-48)16-18-31;1-3-6(4-2)5-7/h1-28H;3-4H,1H2,2H3/b;6-4+. The normalized spacial score (nSPS) is 11.0. The number of para-hydroxylation sites is 1. The highest BCUT2D eigenvalue weighted by atomic mass is 19.1. The van der Waals surface area contributed by atoms with Crippen LogP contribution >= 0.6 is 0 Å². The van der Waals surface area contributed by atoms with E-state index >= 15 is 0 Å². The van der Waals surface area contributed by atoms with Crippen molar-refractivity contribution in [1.29, 1.82) is 10.5 Å². The molecule has 0 N–H and O–H groups in total. The molecule has 0 unspecified atom stereocenters. The van der Waals surface area contributed by atoms with E-state index in [4.69, 9.17) is 20.2 Å². The van der Waals surface area contributed by atoms with Gasteiger partial charge in [-0.05, 0) is 83.8 Å². The predicted octanol–water partition coefficient (Wildman–Crippen LogP) is 13.0. The van der Waals surface area contributed by atoms with Gasteiger partial charge >= 0.3 is 0 Å². The average molecular weight is 763 g/mol. The van der Waals surface area contributed by atoms with Crippen LogP contribution in [0.4, 0.5) is 4.39 Å². The molecule has 0 amide bonds. The van der Waals surface area contributed by atoms with Crippen LogP contribution in [0.3, 0.4) is 0 Å². The summed E-state index contributed by atoms with van der Waals surface area (Å²) in [6.07, 6.45) is 3.24. The van der Waals surface area contributed by atoms with Crippen LogP contribution in [0.25, 0.3) is 83.9 Å². The first-order valence-corrected chi connectivity index (χ1v) is 19.0. The summed E-state index contributed by atoms with van der Waals surface area (Å²) in [6.45, 7) is 5.22. The minimum absolute atomic E-state index is 0.284. The van der Waals surface area contributed by atoms with Crippen molar-refractivity contribution in [1.82, 2.24) is 19.5 Å². The maximum absolute atomic E-state index is 14.0. The number of nitrogens with zero attached hydrogens (tertiary/aromatic N) is 6. The third kappa shape index (κ3) is 7.78. The summed E-state index contributed by atoms with van der Waals surface area (Å²) in [5.74, 6) is 1.40. The van der Waals surface area contributed by atoms with E-state index < -0.39 is 0 Å². The molecule has 7 heteroatoms. The van der Waals surface area contributed by atoms with E-state index in [2.05, 4.69) is 65.7 Å². The summed E-state index contributed by atoms with van der Waals surface area (Å²) in [6, 6.07) is 59.4. The van der Waals surface area contributed by atoms with E-state index in [0.29, 0.717) is 28.6 Å². The van der Waals surface area contributed by atoms with Crippen molar-refractivity contribution >= 4 is 21.8 Å². The molecule has 59 heavy (non-hydrogen) atoms. The largest absolute Gasteiger partial charge is 0.308 e. The first kappa shape index (κ1) is 37.7. The summed E-state index contributed by atoms with van der Waals surface area (Å²) in [7, 11) is 0. The van der Waals surface area contributed by atoms with E-state index in [9.17, 15) is 9.65 Å². The van der Waals surface area contributed by atoms with Crippen molar-refractivity contribution in [3.05, 3.63) is 206 Å². The molecular formula is C52H35FN6. The molecule has 2 heterocycles. The Bertz CT molecular complexity index is 3020. The molecule has 0 aliphatic heterocycles. The molecule has 0 radical (unpaired) electrons. The third-order valence-corrected chi connectivity index (χ3v) is 10.0. The fraction of sp³-hybridized carbons (Fsp3) is 0.0192. The lowest BCUT2D eigenvalue weighted by Crippen LogP contribution is -2.04. The molecule has 0 fully saturated rings. The van der Waals surface area contributed by atoms with E-state index in [1.54, 1.807) is 25.1 Å². The zero-order valence-electron chi connectivity index (χ0n) is 32.1. The SMILES string of the molecule is C=C/C(C#N)=C\C.N#Cc1ccc(-c2ccc3c(c2)c2ccccc2n3-c2cc(-c3ccc(F)cc3)ccc2-c2nc(-c3ccccc3)nc(-c3ccccc3)n2)cc1. The van der Waals surface area contributed by atoms with E-state index in [-0.39, 0.29) is 5.82 Å². The average Bonchev–Trinajstić information content (AvgIpc) is 3.64. The molecule has 0 aliphatic rings. The van der Waals surface area contributed by atoms with E-state index in [1.807, 2.05) is 103 Å². The van der Waals surface area contributed by atoms with Crippen molar-refractivity contribution in [2.24, 2.45) is 0 Å². The number of halogens is 1. The van der Waals surface area contributed by atoms with Gasteiger partial charge in [0.1, 0.15) is 5.82 Å². The van der Waals surface area contributed by atoms with Gasteiger partial charge in [-0.2, -0.15) is 10.5 Å². The summed E-state index contributed by atoms with van der Waals surface area (Å²) in [5.41, 5.74) is 10.7. The lowest BCUT2D eigenvalue weighted by molar-refractivity contribution is 0.628. The quantitative estimate of drug-likeness (QED) is 0.119. The fourth-order valence-electron chi connectivity index (χ4n) is 7.03. The number of hydrogen-bond donors (Lipinski definition) is 0. The van der Waals surface area contributed by atoms with Gasteiger partial charge in [-0.25, -0.2) is 19.3 Å². The van der Waals surface area contributed by atoms with Gasteiger partial charge in [-0.3, -0.25) is 0 Å². The Kier molecular flexibility index (Phi) is 10.8. The minimum atomic E-state index is -0.284. The number of fused-ring (bicyclic) bond motifs is 3. The van der Waals surface area contributed by atoms with Gasteiger partial charge < -0.3 is 4.57 Å². The number of hydrogen-bond acceptors (Lipinski definition) is 5. The molecular weight excluding hydrogens is 728 g/mol. The van der Waals surface area contributed by atoms with Gasteiger partial charge in [0.2, 0.25) is 0 Å². The molecule has 0 saturated heterocycles. The van der Waals surface area contributed by atoms with E-state index in [0.717, 1.165) is 66.4 Å². The van der Waals surface area contributed by atoms with Crippen molar-refractivity contribution < 1.29 is 4.39 Å². The molecule has 0 spiro atoms. The predicted molar refractivity (Wildman–Crippen MR) is 236 cm³/mol. The summed E-state index contributed by atoms with van der Waals surface area (Å²) in [4.78, 5) is 15.1. The van der Waals surface area contributed by atoms with Crippen LogP contribution in [-0.2, 0) is 0 Å². The Morgan fingerprint density at radius 3 is 1.66 bits per heavy atom. The van der Waals surface area contributed by atoms with Gasteiger partial charge in [-0.15, -0.1) is 0 Å². The zero-order valence-corrected chi connectivity index (χ0v) is 32.1. The third-order valence-electron chi connectivity index (χ3n) is 10.0. The van der Waals surface area contributed by atoms with Crippen LogP contribution in [0.15, 0.2) is 194 Å². The second-order valence-electron chi connectivity index (χ2n) is 13.6. The molecule has 280 valence electrons. The molecule has 2 aromatic heterocycles. The first-order valence-electron chi connectivity index (χ1n) is 19.0. The fourth-order valence-corrected chi connectivity index (χ4v) is 7.03. The highest BCUT2D eigenvalue weighted by Crippen LogP contribution is 2.39. The van der Waals surface area contributed by atoms with Gasteiger partial charge in [0.25, 0.3) is 0 Å². The number of rotatable bonds is 7. The second kappa shape index (κ2) is 16.9. The Hall–Kier alpha value is -8.26. The van der Waals surface area contributed by atoms with E-state index in [1.165, 1.54) is 18.2 Å². The maximum Gasteiger partial charge on any atom is 0.166 e. The molecule has 0 aliphatic carbocycles. The monoisotopic (exact) mass is 762 g/mol. The Balaban J connectivity index is 0.000000637. The zero-order chi connectivity index (χ0) is 40.7. The summed E-state index contributed by atoms with van der Waals surface area (Å²) >= 11 is 0. The minimum Gasteiger partial charge on any atom is -0.308 e. The first-order chi connectivity index (χ1) is 29.0. The lowest BCUT2D eigenvalue weighted by Gasteiger charge is -2.16. The van der Waals surface area contributed by atoms with Crippen LogP contribution in [0.1, 0.15) is 12.5 Å². The Morgan fingerprint density at radius 1 is 0.559 bits per heavy atom. The molecule has 0 atom stereocenters. The molecule has 0 bridgehead atoms. The summed E-state index contributed by atoms with van der Waals surface area (Å²) < 4.78 is 16.3. The molecule has 9 aromatic rings. The lowest BCUT2D eigenvalue weighted by atomic mass is 10.0. The van der Waals surface area contributed by atoms with Crippen LogP contribution in [0, 0.1) is 28.5 Å². The highest BCUT2D eigenvalue weighted by molar-refractivity contribution is 6.11. The van der Waals surface area contributed by atoms with Gasteiger partial charge in [-0.1, -0.05) is 134 Å². The van der Waals surface area contributed by atoms with Crippen molar-refractivity contribution in [2.45, 2.75) is 6.92 Å². The van der Waals surface area contributed by atoms with Crippen molar-refractivity contribution in [3.63, 3.8) is 0 Å². The summed E-state index contributed by atoms with van der Waals surface area (Å²) in [5, 5.41) is 19.7. The number of allylic oxidation sites excluding steroid dienone is 3. The van der Waals surface area contributed by atoms with Crippen LogP contribution < -0.4 is 0 Å². The molecule has 6 nitrogen and oxygen atoms in total. The molecule has 0 saturated carbocycles. The molecule has 9 rings (SSSR count). The number of aromatic nitrogens is 4. The van der Waals surface area contributed by atoms with Crippen LogP contribution in [-0.4, -0.2) is 19.5 Å². The molecule has 7 aromatic carbocycles. The maximum atomic E-state index is 14.0.